The quantitative estimate of drug-likeness (QED) is 0.938. The van der Waals surface area contributed by atoms with E-state index in [-0.39, 0.29) is 0 Å². The van der Waals surface area contributed by atoms with Crippen molar-refractivity contribution in [2.75, 3.05) is 44.4 Å². The second-order valence-electron chi connectivity index (χ2n) is 6.62. The number of fused-ring (bicyclic) bond motifs is 1. The molecule has 0 atom stereocenters. The van der Waals surface area contributed by atoms with Gasteiger partial charge in [0.1, 0.15) is 5.82 Å². The van der Waals surface area contributed by atoms with Gasteiger partial charge < -0.3 is 15.1 Å². The average Bonchev–Trinajstić information content (AvgIpc) is 2.60. The van der Waals surface area contributed by atoms with Crippen LogP contribution >= 0.6 is 0 Å². The summed E-state index contributed by atoms with van der Waals surface area (Å²) >= 11 is 0. The van der Waals surface area contributed by atoms with E-state index < -0.39 is 0 Å². The monoisotopic (exact) mass is 312 g/mol. The number of hydrogen-bond donors (Lipinski definition) is 1. The largest absolute Gasteiger partial charge is 0.386 e. The van der Waals surface area contributed by atoms with Gasteiger partial charge in [0.05, 0.1) is 11.9 Å². The van der Waals surface area contributed by atoms with Crippen LogP contribution in [0.15, 0.2) is 24.4 Å². The smallest absolute Gasteiger partial charge is 0.136 e. The van der Waals surface area contributed by atoms with E-state index in [4.69, 9.17) is 4.98 Å². The number of aromatic nitrogens is 1. The molecular weight excluding hydrogens is 284 g/mol. The molecule has 1 N–H and O–H groups in total. The minimum Gasteiger partial charge on any atom is -0.386 e. The summed E-state index contributed by atoms with van der Waals surface area (Å²) in [5, 5.41) is 5.79. The Hall–Kier alpha value is -1.81. The molecule has 3 rings (SSSR count). The highest BCUT2D eigenvalue weighted by atomic mass is 15.2. The number of anilines is 2. The first-order valence-corrected chi connectivity index (χ1v) is 8.64. The van der Waals surface area contributed by atoms with Crippen LogP contribution in [0.25, 0.3) is 10.8 Å². The molecule has 4 nitrogen and oxygen atoms in total. The van der Waals surface area contributed by atoms with Crippen molar-refractivity contribution in [2.24, 2.45) is 0 Å². The first kappa shape index (κ1) is 16.1. The summed E-state index contributed by atoms with van der Waals surface area (Å²) in [6.45, 7) is 4.54. The molecule has 0 spiro atoms. The van der Waals surface area contributed by atoms with Crippen molar-refractivity contribution in [3.05, 3.63) is 30.0 Å². The number of piperidine rings is 1. The molecule has 0 saturated carbocycles. The van der Waals surface area contributed by atoms with Crippen LogP contribution in [0.3, 0.4) is 0 Å². The third-order valence-electron chi connectivity index (χ3n) is 5.18. The van der Waals surface area contributed by atoms with Gasteiger partial charge in [-0.25, -0.2) is 4.98 Å². The molecule has 1 saturated heterocycles. The highest BCUT2D eigenvalue weighted by Gasteiger charge is 2.23. The van der Waals surface area contributed by atoms with Crippen molar-refractivity contribution in [3.8, 4) is 0 Å². The normalized spacial score (nSPS) is 16.7. The molecule has 23 heavy (non-hydrogen) atoms. The minimum atomic E-state index is 0.576. The van der Waals surface area contributed by atoms with Crippen LogP contribution in [-0.2, 0) is 6.42 Å². The number of benzene rings is 1. The standard InChI is InChI=1S/C19H28N4/c1-5-14-6-7-16-17(12-14)19(21-13-18(16)20-2)23(4)15-8-10-22(3)11-9-15/h6-7,12-13,15,20H,5,8-11H2,1-4H3. The molecule has 0 aliphatic carbocycles. The third-order valence-corrected chi connectivity index (χ3v) is 5.18. The maximum atomic E-state index is 4.80. The fourth-order valence-corrected chi connectivity index (χ4v) is 3.53. The predicted octanol–water partition coefficient (Wildman–Crippen LogP) is 3.37. The average molecular weight is 312 g/mol. The van der Waals surface area contributed by atoms with Crippen molar-refractivity contribution in [3.63, 3.8) is 0 Å². The Morgan fingerprint density at radius 3 is 2.65 bits per heavy atom. The van der Waals surface area contributed by atoms with Gasteiger partial charge >= 0.3 is 0 Å². The first-order chi connectivity index (χ1) is 11.1. The van der Waals surface area contributed by atoms with Crippen molar-refractivity contribution in [1.82, 2.24) is 9.88 Å². The van der Waals surface area contributed by atoms with Gasteiger partial charge in [0.25, 0.3) is 0 Å². The van der Waals surface area contributed by atoms with Crippen LogP contribution in [0.1, 0.15) is 25.3 Å². The number of pyridine rings is 1. The summed E-state index contributed by atoms with van der Waals surface area (Å²) in [7, 11) is 6.37. The maximum absolute atomic E-state index is 4.80. The Morgan fingerprint density at radius 2 is 2.00 bits per heavy atom. The van der Waals surface area contributed by atoms with Crippen LogP contribution < -0.4 is 10.2 Å². The Kier molecular flexibility index (Phi) is 4.71. The first-order valence-electron chi connectivity index (χ1n) is 8.64. The Bertz CT molecular complexity index is 674. The van der Waals surface area contributed by atoms with Crippen LogP contribution in [0.5, 0.6) is 0 Å². The van der Waals surface area contributed by atoms with Crippen LogP contribution in [0.2, 0.25) is 0 Å². The lowest BCUT2D eigenvalue weighted by Crippen LogP contribution is -2.42. The fourth-order valence-electron chi connectivity index (χ4n) is 3.53. The van der Waals surface area contributed by atoms with Gasteiger partial charge in [-0.3, -0.25) is 0 Å². The van der Waals surface area contributed by atoms with Gasteiger partial charge in [0.15, 0.2) is 0 Å². The van der Waals surface area contributed by atoms with E-state index in [0.717, 1.165) is 17.9 Å². The van der Waals surface area contributed by atoms with E-state index >= 15 is 0 Å². The zero-order valence-corrected chi connectivity index (χ0v) is 14.8. The Balaban J connectivity index is 2.02. The number of nitrogens with one attached hydrogen (secondary N) is 1. The van der Waals surface area contributed by atoms with Crippen molar-refractivity contribution in [2.45, 2.75) is 32.2 Å². The fraction of sp³-hybridized carbons (Fsp3) is 0.526. The Labute approximate surface area is 139 Å². The molecule has 1 aliphatic rings. The van der Waals surface area contributed by atoms with Crippen molar-refractivity contribution >= 4 is 22.3 Å². The zero-order chi connectivity index (χ0) is 16.4. The van der Waals surface area contributed by atoms with Crippen molar-refractivity contribution in [1.29, 1.82) is 0 Å². The molecule has 1 aromatic carbocycles. The van der Waals surface area contributed by atoms with Crippen LogP contribution in [0.4, 0.5) is 11.5 Å². The zero-order valence-electron chi connectivity index (χ0n) is 14.8. The van der Waals surface area contributed by atoms with Gasteiger partial charge in [-0.2, -0.15) is 0 Å². The molecule has 4 heteroatoms. The second kappa shape index (κ2) is 6.75. The molecule has 1 aromatic heterocycles. The van der Waals surface area contributed by atoms with E-state index in [9.17, 15) is 0 Å². The molecule has 2 heterocycles. The summed E-state index contributed by atoms with van der Waals surface area (Å²) in [5.74, 6) is 1.11. The molecular formula is C19H28N4. The van der Waals surface area contributed by atoms with Crippen LogP contribution in [0, 0.1) is 0 Å². The number of hydrogen-bond acceptors (Lipinski definition) is 4. The highest BCUT2D eigenvalue weighted by Crippen LogP contribution is 2.32. The highest BCUT2D eigenvalue weighted by molar-refractivity contribution is 6.00. The van der Waals surface area contributed by atoms with E-state index in [1.807, 2.05) is 13.2 Å². The van der Waals surface area contributed by atoms with E-state index in [1.54, 1.807) is 0 Å². The second-order valence-corrected chi connectivity index (χ2v) is 6.62. The lowest BCUT2D eigenvalue weighted by atomic mass is 10.0. The van der Waals surface area contributed by atoms with E-state index in [0.29, 0.717) is 6.04 Å². The molecule has 0 unspecified atom stereocenters. The van der Waals surface area contributed by atoms with E-state index in [2.05, 4.69) is 54.3 Å². The maximum Gasteiger partial charge on any atom is 0.136 e. The molecule has 1 aliphatic heterocycles. The molecule has 0 amide bonds. The SMILES string of the molecule is CCc1ccc2c(NC)cnc(N(C)C3CCN(C)CC3)c2c1. The number of likely N-dealkylation sites (tertiary alicyclic amines) is 1. The number of rotatable bonds is 4. The molecule has 124 valence electrons. The summed E-state index contributed by atoms with van der Waals surface area (Å²) in [6, 6.07) is 7.34. The number of aryl methyl sites for hydroxylation is 1. The summed E-state index contributed by atoms with van der Waals surface area (Å²) < 4.78 is 0. The molecule has 0 radical (unpaired) electrons. The molecule has 1 fully saturated rings. The van der Waals surface area contributed by atoms with Gasteiger partial charge in [-0.1, -0.05) is 19.1 Å². The van der Waals surface area contributed by atoms with Gasteiger partial charge in [0.2, 0.25) is 0 Å². The van der Waals surface area contributed by atoms with Crippen molar-refractivity contribution < 1.29 is 0 Å². The molecule has 2 aromatic rings. The number of nitrogens with zero attached hydrogens (tertiary/aromatic N) is 3. The lowest BCUT2D eigenvalue weighted by molar-refractivity contribution is 0.252. The third kappa shape index (κ3) is 3.13. The summed E-state index contributed by atoms with van der Waals surface area (Å²) in [6.07, 6.45) is 5.43. The minimum absolute atomic E-state index is 0.576. The summed E-state index contributed by atoms with van der Waals surface area (Å²) in [5.41, 5.74) is 2.47. The summed E-state index contributed by atoms with van der Waals surface area (Å²) in [4.78, 5) is 9.61. The topological polar surface area (TPSA) is 31.4 Å². The van der Waals surface area contributed by atoms with Gasteiger partial charge in [0, 0.05) is 30.9 Å². The lowest BCUT2D eigenvalue weighted by Gasteiger charge is -2.36. The molecule has 0 bridgehead atoms. The van der Waals surface area contributed by atoms with Gasteiger partial charge in [-0.05, 0) is 51.0 Å². The van der Waals surface area contributed by atoms with Gasteiger partial charge in [-0.15, -0.1) is 0 Å². The Morgan fingerprint density at radius 1 is 1.26 bits per heavy atom. The van der Waals surface area contributed by atoms with E-state index in [1.165, 1.54) is 42.3 Å². The predicted molar refractivity (Wildman–Crippen MR) is 99.6 cm³/mol. The van der Waals surface area contributed by atoms with Crippen LogP contribution in [-0.4, -0.2) is 50.2 Å².